The summed E-state index contributed by atoms with van der Waals surface area (Å²) in [5.41, 5.74) is -0.802. The third-order valence-corrected chi connectivity index (χ3v) is 2.54. The highest BCUT2D eigenvalue weighted by Crippen LogP contribution is 2.19. The number of hydrogen-bond acceptors (Lipinski definition) is 6. The molecule has 0 spiro atoms. The van der Waals surface area contributed by atoms with Gasteiger partial charge in [-0.1, -0.05) is 0 Å². The maximum Gasteiger partial charge on any atom is 0.422 e. The van der Waals surface area contributed by atoms with Crippen molar-refractivity contribution < 1.29 is 60.4 Å². The number of aromatic carboxylic acids is 2. The van der Waals surface area contributed by atoms with E-state index in [1.165, 1.54) is 18.3 Å². The van der Waals surface area contributed by atoms with Crippen molar-refractivity contribution >= 4 is 11.9 Å². The van der Waals surface area contributed by atoms with Crippen molar-refractivity contribution in [2.24, 2.45) is 0 Å². The lowest BCUT2D eigenvalue weighted by Gasteiger charge is -2.09. The van der Waals surface area contributed by atoms with Crippen LogP contribution in [0.4, 0.5) is 30.7 Å². The van der Waals surface area contributed by atoms with Crippen LogP contribution in [0.2, 0.25) is 0 Å². The van der Waals surface area contributed by atoms with Crippen LogP contribution in [0.1, 0.15) is 20.7 Å². The van der Waals surface area contributed by atoms with Crippen molar-refractivity contribution in [3.63, 3.8) is 0 Å². The van der Waals surface area contributed by atoms with Gasteiger partial charge < -0.3 is 20.1 Å². The van der Waals surface area contributed by atoms with E-state index in [2.05, 4.69) is 14.7 Å². The van der Waals surface area contributed by atoms with Gasteiger partial charge in [0, 0.05) is 12.4 Å². The van der Waals surface area contributed by atoms with Gasteiger partial charge in [-0.2, -0.15) is 30.7 Å². The topological polar surface area (TPSA) is 130 Å². The lowest BCUT2D eigenvalue weighted by atomic mass is 10.3. The number of aromatic nitrogens is 2. The largest absolute Gasteiger partial charge is 0.478 e. The lowest BCUT2D eigenvalue weighted by Crippen LogP contribution is -2.20. The number of pyridine rings is 2. The Kier molecular flexibility index (Phi) is 10.9. The van der Waals surface area contributed by atoms with Crippen LogP contribution in [0, 0.1) is 5.95 Å². The summed E-state index contributed by atoms with van der Waals surface area (Å²) >= 11 is 0. The molecule has 0 unspecified atom stereocenters. The summed E-state index contributed by atoms with van der Waals surface area (Å²) in [4.78, 5) is 27.2. The van der Waals surface area contributed by atoms with Crippen molar-refractivity contribution in [3.8, 4) is 5.88 Å². The summed E-state index contributed by atoms with van der Waals surface area (Å²) in [6.45, 7) is -3.29. The molecule has 0 saturated heterocycles. The van der Waals surface area contributed by atoms with Gasteiger partial charge in [0.2, 0.25) is 11.8 Å². The molecule has 0 aliphatic rings. The van der Waals surface area contributed by atoms with E-state index in [-0.39, 0.29) is 0 Å². The summed E-state index contributed by atoms with van der Waals surface area (Å²) in [5, 5.41) is 24.2. The molecule has 2 aromatic rings. The summed E-state index contributed by atoms with van der Waals surface area (Å²) in [7, 11) is 0. The highest BCUT2D eigenvalue weighted by atomic mass is 19.4. The number of carboxylic acid groups (broad SMARTS) is 2. The van der Waals surface area contributed by atoms with Crippen LogP contribution in [0.5, 0.6) is 5.88 Å². The molecule has 0 atom stereocenters. The molecule has 0 aromatic carbocycles. The zero-order valence-corrected chi connectivity index (χ0v) is 15.0. The number of aliphatic hydroxyl groups excluding tert-OH is 1. The number of halogens is 7. The Bertz CT molecular complexity index is 859. The average Bonchev–Trinajstić information content (AvgIpc) is 2.66. The maximum absolute atomic E-state index is 12.3. The number of carbonyl (C=O) groups is 2. The van der Waals surface area contributed by atoms with Crippen LogP contribution in [0.3, 0.4) is 0 Å². The molecule has 2 heterocycles. The molecule has 3 N–H and O–H groups in total. The number of hydrogen-bond donors (Lipinski definition) is 3. The molecule has 0 radical (unpaired) electrons. The van der Waals surface area contributed by atoms with E-state index in [4.69, 9.17) is 15.3 Å². The predicted octanol–water partition coefficient (Wildman–Crippen LogP) is 3.18. The fourth-order valence-electron chi connectivity index (χ4n) is 1.36. The molecule has 15 heteroatoms. The van der Waals surface area contributed by atoms with Gasteiger partial charge in [0.15, 0.2) is 6.61 Å². The number of aliphatic hydroxyl groups is 1. The second-order valence-electron chi connectivity index (χ2n) is 4.99. The fourth-order valence-corrected chi connectivity index (χ4v) is 1.36. The molecular formula is C16H13F7N2O6. The Morgan fingerprint density at radius 2 is 1.32 bits per heavy atom. The zero-order valence-electron chi connectivity index (χ0n) is 15.0. The molecule has 2 rings (SSSR count). The Labute approximate surface area is 168 Å². The first kappa shape index (κ1) is 27.5. The van der Waals surface area contributed by atoms with Crippen molar-refractivity contribution in [2.75, 3.05) is 13.2 Å². The van der Waals surface area contributed by atoms with Crippen LogP contribution in [0.25, 0.3) is 0 Å². The minimum absolute atomic E-state index is 0.400. The third-order valence-electron chi connectivity index (χ3n) is 2.54. The van der Waals surface area contributed by atoms with E-state index in [1.54, 1.807) is 0 Å². The monoisotopic (exact) mass is 462 g/mol. The number of ether oxygens (including phenoxy) is 1. The third kappa shape index (κ3) is 12.6. The Morgan fingerprint density at radius 1 is 0.871 bits per heavy atom. The quantitative estimate of drug-likeness (QED) is 0.467. The fraction of sp³-hybridized carbons (Fsp3) is 0.250. The average molecular weight is 462 g/mol. The van der Waals surface area contributed by atoms with Gasteiger partial charge in [0.1, 0.15) is 17.7 Å². The molecule has 0 fully saturated rings. The molecule has 31 heavy (non-hydrogen) atoms. The van der Waals surface area contributed by atoms with Crippen LogP contribution in [0.15, 0.2) is 36.7 Å². The van der Waals surface area contributed by atoms with E-state index < -0.39 is 60.5 Å². The van der Waals surface area contributed by atoms with Gasteiger partial charge in [-0.15, -0.1) is 0 Å². The van der Waals surface area contributed by atoms with E-state index in [9.17, 15) is 40.3 Å². The normalized spacial score (nSPS) is 10.7. The Balaban J connectivity index is 0.000000484. The molecule has 0 saturated carbocycles. The molecule has 0 aliphatic heterocycles. The van der Waals surface area contributed by atoms with Crippen molar-refractivity contribution in [3.05, 3.63) is 53.7 Å². The van der Waals surface area contributed by atoms with Crippen LogP contribution < -0.4 is 4.74 Å². The summed E-state index contributed by atoms with van der Waals surface area (Å²) < 4.78 is 83.5. The predicted molar refractivity (Wildman–Crippen MR) is 87.0 cm³/mol. The number of nitrogens with zero attached hydrogens (tertiary/aromatic N) is 2. The van der Waals surface area contributed by atoms with E-state index >= 15 is 0 Å². The van der Waals surface area contributed by atoms with Crippen LogP contribution in [-0.4, -0.2) is 62.8 Å². The Hall–Kier alpha value is -3.49. The smallest absolute Gasteiger partial charge is 0.422 e. The van der Waals surface area contributed by atoms with Crippen LogP contribution in [-0.2, 0) is 0 Å². The SMILES string of the molecule is O=C(O)c1cccnc1F.O=C(O)c1cccnc1OCC(F)(F)F.OCC(F)(F)F. The molecule has 172 valence electrons. The second kappa shape index (κ2) is 12.3. The first-order valence-electron chi connectivity index (χ1n) is 7.57. The summed E-state index contributed by atoms with van der Waals surface area (Å²) in [6, 6.07) is 4.93. The van der Waals surface area contributed by atoms with Gasteiger partial charge in [-0.25, -0.2) is 19.6 Å². The summed E-state index contributed by atoms with van der Waals surface area (Å²) in [5.74, 6) is -4.18. The van der Waals surface area contributed by atoms with E-state index in [0.717, 1.165) is 18.3 Å². The highest BCUT2D eigenvalue weighted by Gasteiger charge is 2.29. The van der Waals surface area contributed by atoms with Gasteiger partial charge in [-0.05, 0) is 24.3 Å². The first-order chi connectivity index (χ1) is 14.2. The van der Waals surface area contributed by atoms with Gasteiger partial charge in [0.05, 0.1) is 0 Å². The molecule has 0 amide bonds. The molecule has 0 aliphatic carbocycles. The first-order valence-corrected chi connectivity index (χ1v) is 7.57. The van der Waals surface area contributed by atoms with Gasteiger partial charge >= 0.3 is 24.3 Å². The van der Waals surface area contributed by atoms with Crippen molar-refractivity contribution in [1.29, 1.82) is 0 Å². The molecule has 0 bridgehead atoms. The van der Waals surface area contributed by atoms with E-state index in [0.29, 0.717) is 0 Å². The minimum atomic E-state index is -4.52. The zero-order chi connectivity index (χ0) is 24.2. The van der Waals surface area contributed by atoms with Crippen molar-refractivity contribution in [1.82, 2.24) is 9.97 Å². The van der Waals surface area contributed by atoms with E-state index in [1.807, 2.05) is 0 Å². The van der Waals surface area contributed by atoms with Gasteiger partial charge in [-0.3, -0.25) is 0 Å². The molecule has 2 aromatic heterocycles. The van der Waals surface area contributed by atoms with Gasteiger partial charge in [0.25, 0.3) is 0 Å². The Morgan fingerprint density at radius 3 is 1.68 bits per heavy atom. The number of rotatable bonds is 4. The molecule has 8 nitrogen and oxygen atoms in total. The lowest BCUT2D eigenvalue weighted by molar-refractivity contribution is -0.159. The summed E-state index contributed by atoms with van der Waals surface area (Å²) in [6.07, 6.45) is -6.58. The second-order valence-corrected chi connectivity index (χ2v) is 4.99. The maximum atomic E-state index is 12.3. The van der Waals surface area contributed by atoms with Crippen molar-refractivity contribution in [2.45, 2.75) is 12.4 Å². The standard InChI is InChI=1S/C8H6F3NO3.C6H4FNO2.C2H3F3O/c9-8(10,11)4-15-6-5(7(13)14)2-1-3-12-6;7-5-4(6(9)10)2-1-3-8-5;3-2(4,5)1-6/h1-3H,4H2,(H,13,14);1-3H,(H,9,10);6H,1H2. The number of alkyl halides is 6. The molecular weight excluding hydrogens is 449 g/mol. The van der Waals surface area contributed by atoms with Crippen LogP contribution >= 0.6 is 0 Å². The highest BCUT2D eigenvalue weighted by molar-refractivity contribution is 5.90. The number of carboxylic acids is 2. The minimum Gasteiger partial charge on any atom is -0.478 e.